The first-order valence-electron chi connectivity index (χ1n) is 9.23. The molecule has 2 aromatic rings. The van der Waals surface area contributed by atoms with Gasteiger partial charge in [0.25, 0.3) is 5.91 Å². The van der Waals surface area contributed by atoms with E-state index in [1.54, 1.807) is 23.0 Å². The quantitative estimate of drug-likeness (QED) is 0.877. The van der Waals surface area contributed by atoms with E-state index in [0.29, 0.717) is 38.3 Å². The van der Waals surface area contributed by atoms with Gasteiger partial charge in [-0.1, -0.05) is 26.0 Å². The summed E-state index contributed by atoms with van der Waals surface area (Å²) >= 11 is 0. The van der Waals surface area contributed by atoms with Crippen LogP contribution in [-0.2, 0) is 11.3 Å². The lowest BCUT2D eigenvalue weighted by Crippen LogP contribution is -2.35. The van der Waals surface area contributed by atoms with Crippen LogP contribution in [0.25, 0.3) is 0 Å². The molecule has 0 aliphatic carbocycles. The molecule has 2 amide bonds. The van der Waals surface area contributed by atoms with Gasteiger partial charge < -0.3 is 14.5 Å². The van der Waals surface area contributed by atoms with E-state index in [-0.39, 0.29) is 17.7 Å². The number of rotatable bonds is 5. The smallest absolute Gasteiger partial charge is 0.274 e. The molecular formula is C20H26N4O3. The minimum Gasteiger partial charge on any atom is -0.497 e. The maximum atomic E-state index is 12.7. The molecular weight excluding hydrogens is 344 g/mol. The summed E-state index contributed by atoms with van der Waals surface area (Å²) in [6.45, 7) is 6.02. The standard InChI is InChI=1S/C20H26N4O3/c1-14(2)17-12-18(22-21-17)20(26)23-8-7-19(25)24(10-9-23)13-15-5-4-6-16(11-15)27-3/h4-6,11-12,14H,7-10,13H2,1-3H3,(H,21,22). The van der Waals surface area contributed by atoms with Crippen molar-refractivity contribution in [2.24, 2.45) is 0 Å². The van der Waals surface area contributed by atoms with Crippen LogP contribution in [0, 0.1) is 0 Å². The number of hydrogen-bond acceptors (Lipinski definition) is 4. The van der Waals surface area contributed by atoms with Crippen LogP contribution in [0.15, 0.2) is 30.3 Å². The van der Waals surface area contributed by atoms with Crippen LogP contribution in [0.3, 0.4) is 0 Å². The van der Waals surface area contributed by atoms with Crippen molar-refractivity contribution < 1.29 is 14.3 Å². The summed E-state index contributed by atoms with van der Waals surface area (Å²) in [6, 6.07) is 9.49. The maximum absolute atomic E-state index is 12.7. The van der Waals surface area contributed by atoms with E-state index in [4.69, 9.17) is 4.74 Å². The molecule has 144 valence electrons. The fourth-order valence-corrected chi connectivity index (χ4v) is 3.13. The lowest BCUT2D eigenvalue weighted by atomic mass is 10.1. The van der Waals surface area contributed by atoms with E-state index in [1.165, 1.54) is 0 Å². The van der Waals surface area contributed by atoms with Gasteiger partial charge in [0.1, 0.15) is 11.4 Å². The molecule has 0 spiro atoms. The molecule has 0 atom stereocenters. The van der Waals surface area contributed by atoms with Gasteiger partial charge in [0.2, 0.25) is 5.91 Å². The Kier molecular flexibility index (Phi) is 5.78. The molecule has 7 nitrogen and oxygen atoms in total. The third-order valence-corrected chi connectivity index (χ3v) is 4.82. The maximum Gasteiger partial charge on any atom is 0.274 e. The van der Waals surface area contributed by atoms with Gasteiger partial charge >= 0.3 is 0 Å². The molecule has 3 rings (SSSR count). The van der Waals surface area contributed by atoms with Crippen LogP contribution >= 0.6 is 0 Å². The number of amides is 2. The van der Waals surface area contributed by atoms with Crippen molar-refractivity contribution in [1.29, 1.82) is 0 Å². The highest BCUT2D eigenvalue weighted by atomic mass is 16.5. The molecule has 0 unspecified atom stereocenters. The molecule has 1 aliphatic heterocycles. The van der Waals surface area contributed by atoms with Gasteiger partial charge in [0.15, 0.2) is 0 Å². The molecule has 2 heterocycles. The van der Waals surface area contributed by atoms with E-state index in [0.717, 1.165) is 17.0 Å². The number of benzene rings is 1. The average molecular weight is 370 g/mol. The summed E-state index contributed by atoms with van der Waals surface area (Å²) in [5, 5.41) is 7.05. The van der Waals surface area contributed by atoms with Gasteiger partial charge in [-0.15, -0.1) is 0 Å². The molecule has 1 aromatic carbocycles. The highest BCUT2D eigenvalue weighted by molar-refractivity contribution is 5.93. The van der Waals surface area contributed by atoms with Crippen LogP contribution in [0.5, 0.6) is 5.75 Å². The van der Waals surface area contributed by atoms with Gasteiger partial charge in [0.05, 0.1) is 7.11 Å². The summed E-state index contributed by atoms with van der Waals surface area (Å²) in [4.78, 5) is 28.8. The van der Waals surface area contributed by atoms with E-state index in [2.05, 4.69) is 10.2 Å². The Balaban J connectivity index is 1.65. The summed E-state index contributed by atoms with van der Waals surface area (Å²) < 4.78 is 5.25. The van der Waals surface area contributed by atoms with Gasteiger partial charge in [0, 0.05) is 38.3 Å². The second kappa shape index (κ2) is 8.24. The van der Waals surface area contributed by atoms with Crippen LogP contribution < -0.4 is 4.74 Å². The number of hydrogen-bond donors (Lipinski definition) is 1. The number of carbonyl (C=O) groups is 2. The summed E-state index contributed by atoms with van der Waals surface area (Å²) in [7, 11) is 1.62. The molecule has 1 saturated heterocycles. The summed E-state index contributed by atoms with van der Waals surface area (Å²) in [5.41, 5.74) is 2.35. The van der Waals surface area contributed by atoms with E-state index in [1.807, 2.05) is 38.1 Å². The highest BCUT2D eigenvalue weighted by Gasteiger charge is 2.26. The van der Waals surface area contributed by atoms with Crippen LogP contribution in [0.1, 0.15) is 47.9 Å². The molecule has 27 heavy (non-hydrogen) atoms. The predicted octanol–water partition coefficient (Wildman–Crippen LogP) is 2.42. The molecule has 1 fully saturated rings. The van der Waals surface area contributed by atoms with Crippen molar-refractivity contribution in [3.63, 3.8) is 0 Å². The second-order valence-corrected chi connectivity index (χ2v) is 7.07. The van der Waals surface area contributed by atoms with Crippen LogP contribution in [-0.4, -0.2) is 58.6 Å². The van der Waals surface area contributed by atoms with E-state index >= 15 is 0 Å². The van der Waals surface area contributed by atoms with Crippen molar-refractivity contribution in [2.75, 3.05) is 26.7 Å². The highest BCUT2D eigenvalue weighted by Crippen LogP contribution is 2.17. The number of aromatic nitrogens is 2. The molecule has 0 bridgehead atoms. The third kappa shape index (κ3) is 4.48. The van der Waals surface area contributed by atoms with E-state index < -0.39 is 0 Å². The van der Waals surface area contributed by atoms with E-state index in [9.17, 15) is 9.59 Å². The molecule has 1 aliphatic rings. The van der Waals surface area contributed by atoms with Gasteiger partial charge in [-0.2, -0.15) is 5.10 Å². The van der Waals surface area contributed by atoms with Crippen LogP contribution in [0.2, 0.25) is 0 Å². The minimum absolute atomic E-state index is 0.0537. The first-order valence-corrected chi connectivity index (χ1v) is 9.23. The fraction of sp³-hybridized carbons (Fsp3) is 0.450. The largest absolute Gasteiger partial charge is 0.497 e. The van der Waals surface area contributed by atoms with Crippen molar-refractivity contribution in [1.82, 2.24) is 20.0 Å². The van der Waals surface area contributed by atoms with Crippen molar-refractivity contribution >= 4 is 11.8 Å². The molecule has 7 heteroatoms. The van der Waals surface area contributed by atoms with Gasteiger partial charge in [-0.05, 0) is 29.7 Å². The lowest BCUT2D eigenvalue weighted by molar-refractivity contribution is -0.130. The Labute approximate surface area is 159 Å². The fourth-order valence-electron chi connectivity index (χ4n) is 3.13. The number of nitrogens with one attached hydrogen (secondary N) is 1. The summed E-state index contributed by atoms with van der Waals surface area (Å²) in [5.74, 6) is 0.973. The van der Waals surface area contributed by atoms with Crippen molar-refractivity contribution in [3.05, 3.63) is 47.3 Å². The number of nitrogens with zero attached hydrogens (tertiary/aromatic N) is 3. The number of ether oxygens (including phenoxy) is 1. The number of carbonyl (C=O) groups excluding carboxylic acids is 2. The van der Waals surface area contributed by atoms with Crippen molar-refractivity contribution in [3.8, 4) is 5.75 Å². The van der Waals surface area contributed by atoms with Gasteiger partial charge in [-0.25, -0.2) is 0 Å². The molecule has 1 aromatic heterocycles. The zero-order valence-electron chi connectivity index (χ0n) is 16.1. The topological polar surface area (TPSA) is 78.5 Å². The number of aromatic amines is 1. The Hall–Kier alpha value is -2.83. The zero-order chi connectivity index (χ0) is 19.4. The number of methoxy groups -OCH3 is 1. The SMILES string of the molecule is COc1cccc(CN2CCN(C(=O)c3cc(C(C)C)[nH]n3)CCC2=O)c1. The third-order valence-electron chi connectivity index (χ3n) is 4.82. The average Bonchev–Trinajstić information content (AvgIpc) is 3.10. The van der Waals surface area contributed by atoms with Crippen LogP contribution in [0.4, 0.5) is 0 Å². The Morgan fingerprint density at radius 3 is 2.78 bits per heavy atom. The molecule has 0 radical (unpaired) electrons. The Morgan fingerprint density at radius 1 is 1.26 bits per heavy atom. The zero-order valence-corrected chi connectivity index (χ0v) is 16.1. The Bertz CT molecular complexity index is 815. The minimum atomic E-state index is -0.130. The molecule has 1 N–H and O–H groups in total. The Morgan fingerprint density at radius 2 is 2.07 bits per heavy atom. The van der Waals surface area contributed by atoms with Gasteiger partial charge in [-0.3, -0.25) is 14.7 Å². The molecule has 0 saturated carbocycles. The second-order valence-electron chi connectivity index (χ2n) is 7.07. The lowest BCUT2D eigenvalue weighted by Gasteiger charge is -2.22. The normalized spacial score (nSPS) is 15.2. The summed E-state index contributed by atoms with van der Waals surface area (Å²) in [6.07, 6.45) is 0.317. The first kappa shape index (κ1) is 18.9. The monoisotopic (exact) mass is 370 g/mol. The van der Waals surface area contributed by atoms with Crippen molar-refractivity contribution in [2.45, 2.75) is 32.7 Å². The number of H-pyrrole nitrogens is 1. The predicted molar refractivity (Wildman–Crippen MR) is 102 cm³/mol. The first-order chi connectivity index (χ1) is 13.0.